The molecular weight excluding hydrogens is 526 g/mol. The second-order valence-corrected chi connectivity index (χ2v) is 12.4. The number of fused-ring (bicyclic) bond motifs is 1. The van der Waals surface area contributed by atoms with Crippen molar-refractivity contribution in [3.05, 3.63) is 48.3 Å². The van der Waals surface area contributed by atoms with Crippen molar-refractivity contribution in [3.63, 3.8) is 0 Å². The zero-order chi connectivity index (χ0) is 27.7. The monoisotopic (exact) mass is 558 g/mol. The molecule has 1 aromatic carbocycles. The highest BCUT2D eigenvalue weighted by molar-refractivity contribution is 7.91. The SMILES string of the molecule is CCC(C)N1CCOc2c(F)cc(-c3nc(Nc4ccc(N5CCC(S(C)(=O)=O)CC5)cn4)ncc3F)cc21. The summed E-state index contributed by atoms with van der Waals surface area (Å²) in [7, 11) is -3.04. The first-order valence-electron chi connectivity index (χ1n) is 13.1. The van der Waals surface area contributed by atoms with Crippen molar-refractivity contribution >= 4 is 33.0 Å². The lowest BCUT2D eigenvalue weighted by Crippen LogP contribution is -2.39. The summed E-state index contributed by atoms with van der Waals surface area (Å²) in [4.78, 5) is 17.0. The Labute approximate surface area is 227 Å². The van der Waals surface area contributed by atoms with Crippen molar-refractivity contribution in [1.82, 2.24) is 15.0 Å². The van der Waals surface area contributed by atoms with Crippen LogP contribution in [0.25, 0.3) is 11.3 Å². The zero-order valence-electron chi connectivity index (χ0n) is 22.2. The number of benzene rings is 1. The number of rotatable bonds is 7. The van der Waals surface area contributed by atoms with Crippen molar-refractivity contribution in [2.24, 2.45) is 0 Å². The maximum absolute atomic E-state index is 15.0. The molecule has 1 fully saturated rings. The Morgan fingerprint density at radius 3 is 2.54 bits per heavy atom. The van der Waals surface area contributed by atoms with Crippen LogP contribution in [0.2, 0.25) is 0 Å². The number of nitrogens with zero attached hydrogens (tertiary/aromatic N) is 5. The molecule has 0 spiro atoms. The highest BCUT2D eigenvalue weighted by Gasteiger charge is 2.28. The predicted octanol–water partition coefficient (Wildman–Crippen LogP) is 4.57. The van der Waals surface area contributed by atoms with Crippen molar-refractivity contribution in [1.29, 1.82) is 0 Å². The van der Waals surface area contributed by atoms with Gasteiger partial charge in [-0.3, -0.25) is 0 Å². The van der Waals surface area contributed by atoms with Crippen LogP contribution >= 0.6 is 0 Å². The van der Waals surface area contributed by atoms with E-state index in [0.717, 1.165) is 18.3 Å². The highest BCUT2D eigenvalue weighted by Crippen LogP contribution is 2.39. The molecule has 0 aliphatic carbocycles. The summed E-state index contributed by atoms with van der Waals surface area (Å²) in [5, 5.41) is 2.68. The number of pyridine rings is 1. The van der Waals surface area contributed by atoms with E-state index in [9.17, 15) is 12.8 Å². The molecule has 2 aliphatic rings. The van der Waals surface area contributed by atoms with Gasteiger partial charge in [0.15, 0.2) is 17.4 Å². The minimum Gasteiger partial charge on any atom is -0.486 e. The van der Waals surface area contributed by atoms with Gasteiger partial charge < -0.3 is 19.9 Å². The van der Waals surface area contributed by atoms with E-state index >= 15 is 4.39 Å². The number of sulfone groups is 1. The summed E-state index contributed by atoms with van der Waals surface area (Å²) in [6.07, 6.45) is 6.05. The molecule has 1 unspecified atom stereocenters. The summed E-state index contributed by atoms with van der Waals surface area (Å²) < 4.78 is 59.1. The van der Waals surface area contributed by atoms with Crippen LogP contribution in [0, 0.1) is 11.6 Å². The van der Waals surface area contributed by atoms with Crippen LogP contribution in [0.5, 0.6) is 5.75 Å². The van der Waals surface area contributed by atoms with Gasteiger partial charge >= 0.3 is 0 Å². The molecule has 2 aliphatic heterocycles. The van der Waals surface area contributed by atoms with Crippen LogP contribution < -0.4 is 19.9 Å². The molecule has 0 bridgehead atoms. The summed E-state index contributed by atoms with van der Waals surface area (Å²) >= 11 is 0. The van der Waals surface area contributed by atoms with Gasteiger partial charge in [-0.15, -0.1) is 0 Å². The topological polar surface area (TPSA) is 101 Å². The van der Waals surface area contributed by atoms with Crippen molar-refractivity contribution in [2.45, 2.75) is 44.4 Å². The van der Waals surface area contributed by atoms with Crippen LogP contribution in [0.1, 0.15) is 33.1 Å². The fourth-order valence-electron chi connectivity index (χ4n) is 5.05. The summed E-state index contributed by atoms with van der Waals surface area (Å²) in [6, 6.07) is 6.73. The van der Waals surface area contributed by atoms with E-state index in [1.54, 1.807) is 18.3 Å². The number of piperidine rings is 1. The van der Waals surface area contributed by atoms with Crippen LogP contribution in [0.15, 0.2) is 36.7 Å². The summed E-state index contributed by atoms with van der Waals surface area (Å²) in [5.74, 6) is -0.500. The molecule has 2 aromatic heterocycles. The van der Waals surface area contributed by atoms with Crippen molar-refractivity contribution < 1.29 is 21.9 Å². The van der Waals surface area contributed by atoms with Gasteiger partial charge in [0, 0.05) is 31.0 Å². The predicted molar refractivity (Wildman–Crippen MR) is 148 cm³/mol. The number of hydrogen-bond donors (Lipinski definition) is 1. The van der Waals surface area contributed by atoms with Gasteiger partial charge in [0.25, 0.3) is 0 Å². The maximum Gasteiger partial charge on any atom is 0.229 e. The van der Waals surface area contributed by atoms with Gasteiger partial charge in [0.05, 0.1) is 35.6 Å². The van der Waals surface area contributed by atoms with Crippen LogP contribution in [-0.2, 0) is 9.84 Å². The van der Waals surface area contributed by atoms with E-state index in [1.165, 1.54) is 12.3 Å². The molecule has 0 amide bonds. The van der Waals surface area contributed by atoms with Crippen LogP contribution in [0.3, 0.4) is 0 Å². The molecule has 1 N–H and O–H groups in total. The van der Waals surface area contributed by atoms with E-state index in [2.05, 4.69) is 43.9 Å². The smallest absolute Gasteiger partial charge is 0.229 e. The molecule has 1 saturated heterocycles. The van der Waals surface area contributed by atoms with Crippen molar-refractivity contribution in [2.75, 3.05) is 47.6 Å². The first-order chi connectivity index (χ1) is 18.6. The molecule has 0 saturated carbocycles. The maximum atomic E-state index is 15.0. The molecule has 1 atom stereocenters. The summed E-state index contributed by atoms with van der Waals surface area (Å²) in [6.45, 7) is 6.38. The Balaban J connectivity index is 1.34. The van der Waals surface area contributed by atoms with Crippen LogP contribution in [0.4, 0.5) is 31.9 Å². The molecule has 5 rings (SSSR count). The fourth-order valence-corrected chi connectivity index (χ4v) is 6.12. The minimum atomic E-state index is -3.04. The van der Waals surface area contributed by atoms with Gasteiger partial charge in [-0.2, -0.15) is 0 Å². The van der Waals surface area contributed by atoms with E-state index in [1.807, 2.05) is 6.07 Å². The van der Waals surface area contributed by atoms with Crippen LogP contribution in [-0.4, -0.2) is 67.2 Å². The average Bonchev–Trinajstić information content (AvgIpc) is 2.93. The average molecular weight is 559 g/mol. The van der Waals surface area contributed by atoms with Gasteiger partial charge in [0.2, 0.25) is 5.95 Å². The summed E-state index contributed by atoms with van der Waals surface area (Å²) in [5.41, 5.74) is 1.71. The quantitative estimate of drug-likeness (QED) is 0.447. The second-order valence-electron chi connectivity index (χ2n) is 10.0. The first kappa shape index (κ1) is 27.0. The van der Waals surface area contributed by atoms with Gasteiger partial charge in [0.1, 0.15) is 28.0 Å². The normalized spacial score (nSPS) is 16.9. The number of anilines is 4. The molecule has 12 heteroatoms. The molecule has 3 aromatic rings. The van der Waals surface area contributed by atoms with E-state index in [4.69, 9.17) is 4.74 Å². The third-order valence-corrected chi connectivity index (χ3v) is 9.14. The third-order valence-electron chi connectivity index (χ3n) is 7.45. The number of aromatic nitrogens is 3. The Morgan fingerprint density at radius 1 is 1.10 bits per heavy atom. The standard InChI is InChI=1S/C27H32F2N6O3S/c1-4-17(2)35-11-12-38-26-21(28)13-18(14-23(26)35)25-22(29)16-31-27(33-25)32-24-6-5-19(15-30-24)34-9-7-20(8-10-34)39(3,36)37/h5-6,13-17,20H,4,7-12H2,1-3H3,(H,30,31,32,33). The lowest BCUT2D eigenvalue weighted by atomic mass is 10.1. The largest absolute Gasteiger partial charge is 0.486 e. The zero-order valence-corrected chi connectivity index (χ0v) is 23.0. The number of hydrogen-bond acceptors (Lipinski definition) is 9. The van der Waals surface area contributed by atoms with E-state index in [-0.39, 0.29) is 34.2 Å². The van der Waals surface area contributed by atoms with E-state index < -0.39 is 21.5 Å². The fraction of sp³-hybridized carbons (Fsp3) is 0.444. The minimum absolute atomic E-state index is 0.0331. The van der Waals surface area contributed by atoms with Gasteiger partial charge in [-0.1, -0.05) is 6.92 Å². The molecule has 208 valence electrons. The number of ether oxygens (including phenoxy) is 1. The molecule has 4 heterocycles. The molecule has 0 radical (unpaired) electrons. The Bertz CT molecular complexity index is 1450. The molecular formula is C27H32F2N6O3S. The van der Waals surface area contributed by atoms with Gasteiger partial charge in [-0.05, 0) is 50.5 Å². The number of halogens is 2. The highest BCUT2D eigenvalue weighted by atomic mass is 32.2. The lowest BCUT2D eigenvalue weighted by Gasteiger charge is -2.36. The lowest BCUT2D eigenvalue weighted by molar-refractivity contribution is 0.285. The third kappa shape index (κ3) is 5.75. The Hall–Kier alpha value is -3.54. The molecule has 9 nitrogen and oxygen atoms in total. The Kier molecular flexibility index (Phi) is 7.57. The van der Waals surface area contributed by atoms with E-state index in [0.29, 0.717) is 50.6 Å². The van der Waals surface area contributed by atoms with Gasteiger partial charge in [-0.25, -0.2) is 32.2 Å². The van der Waals surface area contributed by atoms with Crippen molar-refractivity contribution in [3.8, 4) is 17.0 Å². The molecule has 39 heavy (non-hydrogen) atoms. The number of nitrogens with one attached hydrogen (secondary N) is 1. The first-order valence-corrected chi connectivity index (χ1v) is 15.0. The Morgan fingerprint density at radius 2 is 1.87 bits per heavy atom. The second kappa shape index (κ2) is 10.9.